The Labute approximate surface area is 205 Å². The van der Waals surface area contributed by atoms with Crippen LogP contribution in [0.15, 0.2) is 77.7 Å². The minimum absolute atomic E-state index is 0.0174. The maximum atomic E-state index is 13.2. The van der Waals surface area contributed by atoms with E-state index in [2.05, 4.69) is 9.46 Å². The molecule has 12 heteroatoms. The molecule has 190 valence electrons. The van der Waals surface area contributed by atoms with Gasteiger partial charge in [-0.3, -0.25) is 0 Å². The molecule has 3 N–H and O–H groups in total. The number of hydrogen-bond acceptors (Lipinski definition) is 7. The standard InChI is InChI=1S/C24H22F3N3O5S/c25-24(26,27)35-15-9-11-16(12-10-15)36(28,32)29-17-13-33-14-20(23(17)31)30-18-5-1-3-7-21(18)34-22-8-4-2-6-19(22)30/h1-12,17,20,23,31H,13-14H2,(H2,28,29,32)/t17-,20-,23+,36?/m1/s1. The molecular formula is C24H22F3N3O5S. The summed E-state index contributed by atoms with van der Waals surface area (Å²) in [4.78, 5) is 1.84. The van der Waals surface area contributed by atoms with E-state index >= 15 is 0 Å². The van der Waals surface area contributed by atoms with Crippen LogP contribution in [0.4, 0.5) is 24.5 Å². The van der Waals surface area contributed by atoms with Crippen LogP contribution in [-0.4, -0.2) is 47.1 Å². The lowest BCUT2D eigenvalue weighted by atomic mass is 9.98. The lowest BCUT2D eigenvalue weighted by Crippen LogP contribution is -2.60. The summed E-state index contributed by atoms with van der Waals surface area (Å²) in [5.74, 6) is 0.708. The van der Waals surface area contributed by atoms with Gasteiger partial charge in [0.2, 0.25) is 0 Å². The zero-order valence-electron chi connectivity index (χ0n) is 18.6. The topological polar surface area (TPSA) is 104 Å². The summed E-state index contributed by atoms with van der Waals surface area (Å²) < 4.78 is 77.0. The average Bonchev–Trinajstić information content (AvgIpc) is 2.83. The highest BCUT2D eigenvalue weighted by Gasteiger charge is 2.41. The van der Waals surface area contributed by atoms with Crippen molar-refractivity contribution in [3.8, 4) is 17.2 Å². The van der Waals surface area contributed by atoms with Gasteiger partial charge in [0, 0.05) is 0 Å². The van der Waals surface area contributed by atoms with Crippen LogP contribution >= 0.6 is 0 Å². The molecule has 2 aliphatic rings. The van der Waals surface area contributed by atoms with Crippen LogP contribution in [0.5, 0.6) is 17.2 Å². The van der Waals surface area contributed by atoms with Gasteiger partial charge >= 0.3 is 6.36 Å². The fraction of sp³-hybridized carbons (Fsp3) is 0.250. The molecule has 5 rings (SSSR count). The molecule has 0 bridgehead atoms. The van der Waals surface area contributed by atoms with Crippen molar-refractivity contribution in [3.63, 3.8) is 0 Å². The van der Waals surface area contributed by atoms with Crippen molar-refractivity contribution in [2.45, 2.75) is 29.4 Å². The first-order valence-electron chi connectivity index (χ1n) is 11.0. The van der Waals surface area contributed by atoms with Crippen molar-refractivity contribution >= 4 is 21.3 Å². The number of nitrogens with one attached hydrogen (secondary N) is 2. The van der Waals surface area contributed by atoms with Crippen molar-refractivity contribution < 1.29 is 36.7 Å². The van der Waals surface area contributed by atoms with Crippen molar-refractivity contribution in [1.82, 2.24) is 4.72 Å². The Morgan fingerprint density at radius 1 is 0.972 bits per heavy atom. The van der Waals surface area contributed by atoms with Crippen LogP contribution in [0.25, 0.3) is 0 Å². The van der Waals surface area contributed by atoms with E-state index in [1.54, 1.807) is 0 Å². The fourth-order valence-corrected chi connectivity index (χ4v) is 5.61. The van der Waals surface area contributed by atoms with E-state index in [-0.39, 0.29) is 18.1 Å². The average molecular weight is 522 g/mol. The number of hydrogen-bond donors (Lipinski definition) is 3. The number of aliphatic hydroxyl groups is 1. The minimum Gasteiger partial charge on any atom is -0.453 e. The Hall–Kier alpha value is -3.32. The summed E-state index contributed by atoms with van der Waals surface area (Å²) in [5, 5.41) is 11.3. The predicted molar refractivity (Wildman–Crippen MR) is 125 cm³/mol. The number of halogens is 3. The van der Waals surface area contributed by atoms with Gasteiger partial charge in [-0.15, -0.1) is 13.2 Å². The second kappa shape index (κ2) is 9.28. The molecule has 8 nitrogen and oxygen atoms in total. The maximum Gasteiger partial charge on any atom is 0.573 e. The molecule has 2 aliphatic heterocycles. The third-order valence-corrected chi connectivity index (χ3v) is 7.47. The molecule has 0 radical (unpaired) electrons. The number of fused-ring (bicyclic) bond motifs is 2. The minimum atomic E-state index is -4.86. The smallest absolute Gasteiger partial charge is 0.453 e. The van der Waals surface area contributed by atoms with E-state index in [0.29, 0.717) is 11.5 Å². The highest BCUT2D eigenvalue weighted by molar-refractivity contribution is 7.90. The molecule has 3 aromatic rings. The van der Waals surface area contributed by atoms with Crippen molar-refractivity contribution in [2.24, 2.45) is 0 Å². The summed E-state index contributed by atoms with van der Waals surface area (Å²) >= 11 is 0. The van der Waals surface area contributed by atoms with Gasteiger partial charge < -0.3 is 24.2 Å². The molecule has 0 aromatic heterocycles. The summed E-state index contributed by atoms with van der Waals surface area (Å²) in [6, 6.07) is 17.4. The van der Waals surface area contributed by atoms with Gasteiger partial charge in [-0.2, -0.15) is 0 Å². The molecule has 0 spiro atoms. The highest BCUT2D eigenvalue weighted by atomic mass is 32.2. The van der Waals surface area contributed by atoms with E-state index in [9.17, 15) is 22.5 Å². The van der Waals surface area contributed by atoms with Crippen LogP contribution in [0, 0.1) is 4.78 Å². The summed E-state index contributed by atoms with van der Waals surface area (Å²) in [5.41, 5.74) is 1.44. The molecule has 3 aromatic carbocycles. The van der Waals surface area contributed by atoms with Gasteiger partial charge in [-0.25, -0.2) is 13.7 Å². The summed E-state index contributed by atoms with van der Waals surface area (Å²) in [6.45, 7) is 0.140. The zero-order valence-corrected chi connectivity index (χ0v) is 19.5. The van der Waals surface area contributed by atoms with Crippen molar-refractivity contribution in [2.75, 3.05) is 18.1 Å². The van der Waals surface area contributed by atoms with E-state index in [1.807, 2.05) is 53.4 Å². The largest absolute Gasteiger partial charge is 0.573 e. The SMILES string of the molecule is N=S(=O)(N[C@@H]1COC[C@@H](N2c3ccccc3Oc3ccccc32)[C@H]1O)c1ccc(OC(F)(F)F)cc1. The molecule has 2 heterocycles. The molecule has 0 saturated carbocycles. The van der Waals surface area contributed by atoms with Gasteiger partial charge in [0.1, 0.15) is 15.7 Å². The fourth-order valence-electron chi connectivity index (χ4n) is 4.32. The van der Waals surface area contributed by atoms with E-state index < -0.39 is 40.2 Å². The van der Waals surface area contributed by atoms with E-state index in [4.69, 9.17) is 14.3 Å². The Kier molecular flexibility index (Phi) is 6.29. The molecule has 0 aliphatic carbocycles. The second-order valence-electron chi connectivity index (χ2n) is 8.30. The highest BCUT2D eigenvalue weighted by Crippen LogP contribution is 2.48. The Morgan fingerprint density at radius 2 is 1.56 bits per heavy atom. The molecule has 1 fully saturated rings. The second-order valence-corrected chi connectivity index (χ2v) is 10.1. The Morgan fingerprint density at radius 3 is 2.14 bits per heavy atom. The van der Waals surface area contributed by atoms with Crippen LogP contribution in [0.2, 0.25) is 0 Å². The number of para-hydroxylation sites is 4. The van der Waals surface area contributed by atoms with Gasteiger partial charge in [0.25, 0.3) is 0 Å². The number of aliphatic hydroxyl groups excluding tert-OH is 1. The molecule has 1 saturated heterocycles. The summed E-state index contributed by atoms with van der Waals surface area (Å²) in [7, 11) is -3.70. The quantitative estimate of drug-likeness (QED) is 0.455. The number of ether oxygens (including phenoxy) is 3. The van der Waals surface area contributed by atoms with Crippen LogP contribution < -0.4 is 19.1 Å². The molecule has 4 atom stereocenters. The first kappa shape index (κ1) is 24.4. The summed E-state index contributed by atoms with van der Waals surface area (Å²) in [6.07, 6.45) is -5.98. The van der Waals surface area contributed by atoms with Gasteiger partial charge in [-0.1, -0.05) is 24.3 Å². The van der Waals surface area contributed by atoms with Gasteiger partial charge in [0.05, 0.1) is 47.7 Å². The maximum absolute atomic E-state index is 13.2. The van der Waals surface area contributed by atoms with Gasteiger partial charge in [0.15, 0.2) is 11.5 Å². The van der Waals surface area contributed by atoms with E-state index in [1.165, 1.54) is 0 Å². The third kappa shape index (κ3) is 4.85. The van der Waals surface area contributed by atoms with Crippen LogP contribution in [0.1, 0.15) is 0 Å². The van der Waals surface area contributed by atoms with Crippen molar-refractivity contribution in [1.29, 1.82) is 4.78 Å². The number of benzene rings is 3. The normalized spacial score (nSPS) is 23.1. The molecule has 0 amide bonds. The molecular weight excluding hydrogens is 499 g/mol. The van der Waals surface area contributed by atoms with E-state index in [0.717, 1.165) is 35.6 Å². The number of alkyl halides is 3. The van der Waals surface area contributed by atoms with Crippen LogP contribution in [0.3, 0.4) is 0 Å². The number of nitrogens with zero attached hydrogens (tertiary/aromatic N) is 1. The molecule has 36 heavy (non-hydrogen) atoms. The Balaban J connectivity index is 1.39. The van der Waals surface area contributed by atoms with Crippen LogP contribution in [-0.2, 0) is 14.7 Å². The number of rotatable bonds is 5. The van der Waals surface area contributed by atoms with Crippen molar-refractivity contribution in [3.05, 3.63) is 72.8 Å². The zero-order chi connectivity index (χ0) is 25.5. The lowest BCUT2D eigenvalue weighted by Gasteiger charge is -2.44. The molecule has 1 unspecified atom stereocenters. The first-order valence-corrected chi connectivity index (χ1v) is 12.5. The predicted octanol–water partition coefficient (Wildman–Crippen LogP) is 4.57. The Bertz CT molecular complexity index is 1310. The monoisotopic (exact) mass is 521 g/mol. The first-order chi connectivity index (χ1) is 17.1. The number of anilines is 2. The third-order valence-electron chi connectivity index (χ3n) is 5.90. The van der Waals surface area contributed by atoms with Gasteiger partial charge in [-0.05, 0) is 48.5 Å². The lowest BCUT2D eigenvalue weighted by molar-refractivity contribution is -0.274.